The van der Waals surface area contributed by atoms with E-state index < -0.39 is 0 Å². The number of likely N-dealkylation sites (N-methyl/N-ethyl adjacent to an activating group) is 1. The fourth-order valence-corrected chi connectivity index (χ4v) is 2.29. The maximum atomic E-state index is 12.0. The summed E-state index contributed by atoms with van der Waals surface area (Å²) in [6.45, 7) is 6.33. The van der Waals surface area contributed by atoms with E-state index in [2.05, 4.69) is 22.5 Å². The molecule has 0 saturated carbocycles. The number of ether oxygens (including phenoxy) is 1. The number of carbonyl (C=O) groups excluding carboxylic acids is 1. The third-order valence-corrected chi connectivity index (χ3v) is 3.60. The van der Waals surface area contributed by atoms with Crippen molar-refractivity contribution in [3.8, 4) is 0 Å². The molecule has 1 aliphatic heterocycles. The van der Waals surface area contributed by atoms with Gasteiger partial charge < -0.3 is 15.4 Å². The molecule has 1 aromatic carbocycles. The van der Waals surface area contributed by atoms with E-state index in [4.69, 9.17) is 4.74 Å². The maximum Gasteiger partial charge on any atom is 0.251 e. The minimum absolute atomic E-state index is 0.0510. The van der Waals surface area contributed by atoms with Gasteiger partial charge in [-0.3, -0.25) is 9.69 Å². The SMILES string of the molecule is CCN1CCOC(CNC(=O)c2ccc(NC)cc2)C1. The fraction of sp³-hybridized carbons (Fsp3) is 0.533. The van der Waals surface area contributed by atoms with Crippen LogP contribution in [0.25, 0.3) is 0 Å². The molecule has 1 unspecified atom stereocenters. The van der Waals surface area contributed by atoms with Gasteiger partial charge in [-0.1, -0.05) is 6.92 Å². The van der Waals surface area contributed by atoms with Crippen molar-refractivity contribution in [1.29, 1.82) is 0 Å². The predicted molar refractivity (Wildman–Crippen MR) is 80.2 cm³/mol. The van der Waals surface area contributed by atoms with Crippen LogP contribution in [0.15, 0.2) is 24.3 Å². The quantitative estimate of drug-likeness (QED) is 0.848. The minimum atomic E-state index is -0.0510. The molecule has 5 heteroatoms. The number of anilines is 1. The summed E-state index contributed by atoms with van der Waals surface area (Å²) < 4.78 is 5.67. The Bertz CT molecular complexity index is 433. The minimum Gasteiger partial charge on any atom is -0.388 e. The lowest BCUT2D eigenvalue weighted by atomic mass is 10.2. The molecule has 5 nitrogen and oxygen atoms in total. The molecule has 1 aromatic rings. The van der Waals surface area contributed by atoms with Crippen LogP contribution in [0, 0.1) is 0 Å². The number of benzene rings is 1. The number of hydrogen-bond donors (Lipinski definition) is 2. The molecule has 1 heterocycles. The standard InChI is InChI=1S/C15H23N3O2/c1-3-18-8-9-20-14(11-18)10-17-15(19)12-4-6-13(16-2)7-5-12/h4-7,14,16H,3,8-11H2,1-2H3,(H,17,19). The number of hydrogen-bond acceptors (Lipinski definition) is 4. The van der Waals surface area contributed by atoms with Gasteiger partial charge in [0.2, 0.25) is 0 Å². The second-order valence-corrected chi connectivity index (χ2v) is 4.92. The molecule has 0 bridgehead atoms. The van der Waals surface area contributed by atoms with Crippen molar-refractivity contribution in [1.82, 2.24) is 10.2 Å². The van der Waals surface area contributed by atoms with E-state index in [-0.39, 0.29) is 12.0 Å². The number of nitrogens with zero attached hydrogens (tertiary/aromatic N) is 1. The molecule has 1 atom stereocenters. The van der Waals surface area contributed by atoms with Gasteiger partial charge in [0.05, 0.1) is 12.7 Å². The van der Waals surface area contributed by atoms with Gasteiger partial charge >= 0.3 is 0 Å². The lowest BCUT2D eigenvalue weighted by Gasteiger charge is -2.32. The first-order valence-electron chi connectivity index (χ1n) is 7.13. The maximum absolute atomic E-state index is 12.0. The van der Waals surface area contributed by atoms with Crippen molar-refractivity contribution >= 4 is 11.6 Å². The fourth-order valence-electron chi connectivity index (χ4n) is 2.29. The summed E-state index contributed by atoms with van der Waals surface area (Å²) in [5.41, 5.74) is 1.67. The first-order valence-corrected chi connectivity index (χ1v) is 7.13. The van der Waals surface area contributed by atoms with Gasteiger partial charge in [-0.25, -0.2) is 0 Å². The topological polar surface area (TPSA) is 53.6 Å². The molecule has 0 aromatic heterocycles. The van der Waals surface area contributed by atoms with Crippen LogP contribution < -0.4 is 10.6 Å². The number of carbonyl (C=O) groups is 1. The highest BCUT2D eigenvalue weighted by molar-refractivity contribution is 5.94. The molecular weight excluding hydrogens is 254 g/mol. The van der Waals surface area contributed by atoms with Gasteiger partial charge in [-0.2, -0.15) is 0 Å². The Kier molecular flexibility index (Phi) is 5.38. The second-order valence-electron chi connectivity index (χ2n) is 4.92. The van der Waals surface area contributed by atoms with Crippen molar-refractivity contribution in [2.24, 2.45) is 0 Å². The summed E-state index contributed by atoms with van der Waals surface area (Å²) in [7, 11) is 1.86. The van der Waals surface area contributed by atoms with E-state index in [0.29, 0.717) is 12.1 Å². The molecule has 1 saturated heterocycles. The second kappa shape index (κ2) is 7.26. The van der Waals surface area contributed by atoms with Crippen molar-refractivity contribution < 1.29 is 9.53 Å². The number of amides is 1. The van der Waals surface area contributed by atoms with Crippen LogP contribution >= 0.6 is 0 Å². The summed E-state index contributed by atoms with van der Waals surface area (Å²) in [6.07, 6.45) is 0.0873. The van der Waals surface area contributed by atoms with Crippen LogP contribution in [-0.2, 0) is 4.74 Å². The average molecular weight is 277 g/mol. The summed E-state index contributed by atoms with van der Waals surface area (Å²) in [4.78, 5) is 14.4. The molecule has 0 spiro atoms. The van der Waals surface area contributed by atoms with Gasteiger partial charge in [-0.15, -0.1) is 0 Å². The van der Waals surface area contributed by atoms with Crippen molar-refractivity contribution in [3.63, 3.8) is 0 Å². The highest BCUT2D eigenvalue weighted by Gasteiger charge is 2.19. The molecule has 0 radical (unpaired) electrons. The monoisotopic (exact) mass is 277 g/mol. The van der Waals surface area contributed by atoms with E-state index in [1.165, 1.54) is 0 Å². The Morgan fingerprint density at radius 3 is 2.80 bits per heavy atom. The van der Waals surface area contributed by atoms with E-state index in [0.717, 1.165) is 31.9 Å². The van der Waals surface area contributed by atoms with Crippen LogP contribution in [0.3, 0.4) is 0 Å². The molecule has 2 rings (SSSR count). The molecule has 20 heavy (non-hydrogen) atoms. The molecule has 2 N–H and O–H groups in total. The number of rotatable bonds is 5. The zero-order chi connectivity index (χ0) is 14.4. The van der Waals surface area contributed by atoms with Gasteiger partial charge in [0.25, 0.3) is 5.91 Å². The first kappa shape index (κ1) is 14.8. The van der Waals surface area contributed by atoms with Crippen molar-refractivity contribution in [2.75, 3.05) is 45.2 Å². The smallest absolute Gasteiger partial charge is 0.251 e. The number of nitrogens with one attached hydrogen (secondary N) is 2. The van der Waals surface area contributed by atoms with Crippen LogP contribution in [0.5, 0.6) is 0 Å². The van der Waals surface area contributed by atoms with Gasteiger partial charge in [0.1, 0.15) is 0 Å². The van der Waals surface area contributed by atoms with Crippen LogP contribution in [0.1, 0.15) is 17.3 Å². The Morgan fingerprint density at radius 1 is 1.40 bits per heavy atom. The van der Waals surface area contributed by atoms with E-state index in [9.17, 15) is 4.79 Å². The molecule has 1 amide bonds. The summed E-state index contributed by atoms with van der Waals surface area (Å²) in [6, 6.07) is 7.43. The molecule has 110 valence electrons. The van der Waals surface area contributed by atoms with Gasteiger partial charge in [0.15, 0.2) is 0 Å². The summed E-state index contributed by atoms with van der Waals surface area (Å²) in [5, 5.41) is 5.97. The van der Waals surface area contributed by atoms with E-state index >= 15 is 0 Å². The molecule has 0 aliphatic carbocycles. The number of morpholine rings is 1. The zero-order valence-electron chi connectivity index (χ0n) is 12.2. The van der Waals surface area contributed by atoms with E-state index in [1.54, 1.807) is 0 Å². The van der Waals surface area contributed by atoms with E-state index in [1.807, 2.05) is 31.3 Å². The summed E-state index contributed by atoms with van der Waals surface area (Å²) in [5.74, 6) is -0.0510. The zero-order valence-corrected chi connectivity index (χ0v) is 12.2. The predicted octanol–water partition coefficient (Wildman–Crippen LogP) is 1.18. The Balaban J connectivity index is 1.82. The Labute approximate surface area is 120 Å². The van der Waals surface area contributed by atoms with Crippen molar-refractivity contribution in [2.45, 2.75) is 13.0 Å². The third kappa shape index (κ3) is 3.95. The van der Waals surface area contributed by atoms with Crippen molar-refractivity contribution in [3.05, 3.63) is 29.8 Å². The molecule has 1 fully saturated rings. The third-order valence-electron chi connectivity index (χ3n) is 3.60. The van der Waals surface area contributed by atoms with Gasteiger partial charge in [-0.05, 0) is 30.8 Å². The Morgan fingerprint density at radius 2 is 2.15 bits per heavy atom. The van der Waals surface area contributed by atoms with Gasteiger partial charge in [0, 0.05) is 37.9 Å². The average Bonchev–Trinajstić information content (AvgIpc) is 2.53. The Hall–Kier alpha value is -1.59. The highest BCUT2D eigenvalue weighted by atomic mass is 16.5. The first-order chi connectivity index (χ1) is 9.72. The molecule has 1 aliphatic rings. The summed E-state index contributed by atoms with van der Waals surface area (Å²) >= 11 is 0. The lowest BCUT2D eigenvalue weighted by Crippen LogP contribution is -2.47. The molecular formula is C15H23N3O2. The normalized spacial score (nSPS) is 19.6. The van der Waals surface area contributed by atoms with Crippen LogP contribution in [0.4, 0.5) is 5.69 Å². The largest absolute Gasteiger partial charge is 0.388 e. The van der Waals surface area contributed by atoms with Crippen LogP contribution in [-0.4, -0.2) is 56.7 Å². The lowest BCUT2D eigenvalue weighted by molar-refractivity contribution is -0.0246. The van der Waals surface area contributed by atoms with Crippen LogP contribution in [0.2, 0.25) is 0 Å². The highest BCUT2D eigenvalue weighted by Crippen LogP contribution is 2.09.